The summed E-state index contributed by atoms with van der Waals surface area (Å²) in [6.07, 6.45) is 3.05. The Hall–Kier alpha value is -1.26. The van der Waals surface area contributed by atoms with E-state index in [-0.39, 0.29) is 0 Å². The van der Waals surface area contributed by atoms with Gasteiger partial charge in [-0.1, -0.05) is 38.1 Å². The highest BCUT2D eigenvalue weighted by Crippen LogP contribution is 2.17. The summed E-state index contributed by atoms with van der Waals surface area (Å²) < 4.78 is 0. The van der Waals surface area contributed by atoms with Crippen LogP contribution in [0.1, 0.15) is 41.4 Å². The Kier molecular flexibility index (Phi) is 6.33. The van der Waals surface area contributed by atoms with Crippen molar-refractivity contribution in [3.8, 4) is 0 Å². The highest BCUT2D eigenvalue weighted by molar-refractivity contribution is 7.11. The van der Waals surface area contributed by atoms with E-state index in [4.69, 9.17) is 0 Å². The molecule has 0 aliphatic heterocycles. The highest BCUT2D eigenvalue weighted by atomic mass is 32.1. The van der Waals surface area contributed by atoms with Crippen LogP contribution in [0.4, 0.5) is 0 Å². The second-order valence-electron chi connectivity index (χ2n) is 5.89. The molecular formula is C17H25N3S. The summed E-state index contributed by atoms with van der Waals surface area (Å²) in [5.41, 5.74) is 2.67. The third-order valence-corrected chi connectivity index (χ3v) is 4.39. The van der Waals surface area contributed by atoms with E-state index in [9.17, 15) is 0 Å². The molecule has 0 spiro atoms. The summed E-state index contributed by atoms with van der Waals surface area (Å²) in [6.45, 7) is 8.77. The van der Waals surface area contributed by atoms with Crippen LogP contribution in [-0.4, -0.2) is 23.3 Å². The molecule has 0 saturated heterocycles. The lowest BCUT2D eigenvalue weighted by Gasteiger charge is -2.05. The lowest BCUT2D eigenvalue weighted by molar-refractivity contribution is 0.542. The van der Waals surface area contributed by atoms with Crippen molar-refractivity contribution in [2.75, 3.05) is 13.1 Å². The zero-order chi connectivity index (χ0) is 15.1. The lowest BCUT2D eigenvalue weighted by atomic mass is 10.1. The van der Waals surface area contributed by atoms with Gasteiger partial charge in [0.25, 0.3) is 0 Å². The van der Waals surface area contributed by atoms with Crippen LogP contribution in [0.2, 0.25) is 0 Å². The smallest absolute Gasteiger partial charge is 0.121 e. The van der Waals surface area contributed by atoms with Crippen molar-refractivity contribution >= 4 is 11.3 Å². The largest absolute Gasteiger partial charge is 0.316 e. The van der Waals surface area contributed by atoms with Crippen LogP contribution in [0.15, 0.2) is 24.3 Å². The Balaban J connectivity index is 1.78. The molecule has 2 aromatic rings. The summed E-state index contributed by atoms with van der Waals surface area (Å²) >= 11 is 1.75. The molecule has 4 heteroatoms. The maximum absolute atomic E-state index is 4.33. The van der Waals surface area contributed by atoms with Gasteiger partial charge in [0.1, 0.15) is 10.0 Å². The van der Waals surface area contributed by atoms with E-state index in [0.717, 1.165) is 42.4 Å². The van der Waals surface area contributed by atoms with Gasteiger partial charge in [0.2, 0.25) is 0 Å². The molecule has 1 aromatic heterocycles. The van der Waals surface area contributed by atoms with E-state index in [1.165, 1.54) is 11.1 Å². The van der Waals surface area contributed by atoms with Crippen LogP contribution in [0.3, 0.4) is 0 Å². The molecule has 0 atom stereocenters. The number of hydrogen-bond donors (Lipinski definition) is 1. The standard InChI is InChI=1S/C17H25N3S/c1-13(2)12-18-10-6-9-16-19-20-17(21-16)11-15-8-5-4-7-14(15)3/h4-5,7-8,13,18H,6,9-12H2,1-3H3. The van der Waals surface area contributed by atoms with Gasteiger partial charge in [-0.05, 0) is 43.5 Å². The van der Waals surface area contributed by atoms with Crippen molar-refractivity contribution in [1.29, 1.82) is 0 Å². The maximum atomic E-state index is 4.33. The second kappa shape index (κ2) is 8.25. The third kappa shape index (κ3) is 5.56. The molecular weight excluding hydrogens is 278 g/mol. The molecule has 0 aliphatic rings. The quantitative estimate of drug-likeness (QED) is 0.757. The minimum absolute atomic E-state index is 0.715. The molecule has 1 heterocycles. The van der Waals surface area contributed by atoms with E-state index < -0.39 is 0 Å². The van der Waals surface area contributed by atoms with Gasteiger partial charge >= 0.3 is 0 Å². The van der Waals surface area contributed by atoms with E-state index in [0.29, 0.717) is 5.92 Å². The first-order valence-corrected chi connectivity index (χ1v) is 8.53. The first-order chi connectivity index (χ1) is 10.1. The van der Waals surface area contributed by atoms with Gasteiger partial charge in [0.05, 0.1) is 0 Å². The molecule has 0 saturated carbocycles. The van der Waals surface area contributed by atoms with Crippen molar-refractivity contribution < 1.29 is 0 Å². The average Bonchev–Trinajstić information content (AvgIpc) is 2.88. The molecule has 0 radical (unpaired) electrons. The van der Waals surface area contributed by atoms with Crippen LogP contribution in [0.5, 0.6) is 0 Å². The Bertz CT molecular complexity index is 548. The van der Waals surface area contributed by atoms with Crippen LogP contribution >= 0.6 is 11.3 Å². The number of benzene rings is 1. The SMILES string of the molecule is Cc1ccccc1Cc1nnc(CCCNCC(C)C)s1. The van der Waals surface area contributed by atoms with Crippen LogP contribution in [0.25, 0.3) is 0 Å². The van der Waals surface area contributed by atoms with Gasteiger partial charge in [0.15, 0.2) is 0 Å². The van der Waals surface area contributed by atoms with Gasteiger partial charge in [-0.15, -0.1) is 21.5 Å². The zero-order valence-electron chi connectivity index (χ0n) is 13.2. The molecule has 1 aromatic carbocycles. The van der Waals surface area contributed by atoms with Crippen molar-refractivity contribution in [3.05, 3.63) is 45.4 Å². The summed E-state index contributed by atoms with van der Waals surface area (Å²) in [4.78, 5) is 0. The minimum atomic E-state index is 0.715. The molecule has 0 amide bonds. The van der Waals surface area contributed by atoms with Crippen LogP contribution < -0.4 is 5.32 Å². The Morgan fingerprint density at radius 1 is 1.14 bits per heavy atom. The molecule has 0 bridgehead atoms. The number of nitrogens with one attached hydrogen (secondary N) is 1. The Morgan fingerprint density at radius 3 is 2.67 bits per heavy atom. The normalized spacial score (nSPS) is 11.2. The summed E-state index contributed by atoms with van der Waals surface area (Å²) in [5.74, 6) is 0.715. The van der Waals surface area contributed by atoms with Gasteiger partial charge in [0, 0.05) is 12.8 Å². The maximum Gasteiger partial charge on any atom is 0.121 e. The number of nitrogens with zero attached hydrogens (tertiary/aromatic N) is 2. The predicted octanol–water partition coefficient (Wildman–Crippen LogP) is 3.62. The fraction of sp³-hybridized carbons (Fsp3) is 0.529. The van der Waals surface area contributed by atoms with Gasteiger partial charge in [-0.2, -0.15) is 0 Å². The monoisotopic (exact) mass is 303 g/mol. The first kappa shape index (κ1) is 16.1. The highest BCUT2D eigenvalue weighted by Gasteiger charge is 2.06. The van der Waals surface area contributed by atoms with E-state index in [2.05, 4.69) is 60.6 Å². The summed E-state index contributed by atoms with van der Waals surface area (Å²) in [5, 5.41) is 14.4. The fourth-order valence-corrected chi connectivity index (χ4v) is 3.10. The first-order valence-electron chi connectivity index (χ1n) is 7.71. The zero-order valence-corrected chi connectivity index (χ0v) is 14.0. The van der Waals surface area contributed by atoms with Gasteiger partial charge < -0.3 is 5.32 Å². The van der Waals surface area contributed by atoms with Gasteiger partial charge in [-0.3, -0.25) is 0 Å². The molecule has 21 heavy (non-hydrogen) atoms. The molecule has 3 nitrogen and oxygen atoms in total. The minimum Gasteiger partial charge on any atom is -0.316 e. The Labute approximate surface area is 131 Å². The average molecular weight is 303 g/mol. The van der Waals surface area contributed by atoms with Crippen molar-refractivity contribution in [2.45, 2.75) is 40.0 Å². The molecule has 1 N–H and O–H groups in total. The Morgan fingerprint density at radius 2 is 1.90 bits per heavy atom. The number of rotatable bonds is 8. The van der Waals surface area contributed by atoms with E-state index in [1.54, 1.807) is 11.3 Å². The lowest BCUT2D eigenvalue weighted by Crippen LogP contribution is -2.21. The van der Waals surface area contributed by atoms with Crippen LogP contribution in [-0.2, 0) is 12.8 Å². The summed E-state index contributed by atoms with van der Waals surface area (Å²) in [7, 11) is 0. The number of aryl methyl sites for hydroxylation is 2. The molecule has 0 unspecified atom stereocenters. The fourth-order valence-electron chi connectivity index (χ4n) is 2.19. The van der Waals surface area contributed by atoms with Crippen molar-refractivity contribution in [2.24, 2.45) is 5.92 Å². The molecule has 0 aliphatic carbocycles. The van der Waals surface area contributed by atoms with Crippen molar-refractivity contribution in [3.63, 3.8) is 0 Å². The summed E-state index contributed by atoms with van der Waals surface area (Å²) in [6, 6.07) is 8.49. The number of hydrogen-bond acceptors (Lipinski definition) is 4. The van der Waals surface area contributed by atoms with E-state index in [1.807, 2.05) is 0 Å². The van der Waals surface area contributed by atoms with Gasteiger partial charge in [-0.25, -0.2) is 0 Å². The topological polar surface area (TPSA) is 37.8 Å². The van der Waals surface area contributed by atoms with Crippen LogP contribution in [0, 0.1) is 12.8 Å². The molecule has 0 fully saturated rings. The van der Waals surface area contributed by atoms with Crippen molar-refractivity contribution in [1.82, 2.24) is 15.5 Å². The second-order valence-corrected chi connectivity index (χ2v) is 7.04. The predicted molar refractivity (Wildman–Crippen MR) is 89.9 cm³/mol. The third-order valence-electron chi connectivity index (χ3n) is 3.41. The number of aromatic nitrogens is 2. The van der Waals surface area contributed by atoms with E-state index >= 15 is 0 Å². The molecule has 2 rings (SSSR count). The molecule has 114 valence electrons.